The number of benzene rings is 1. The molecule has 1 aromatic heterocycles. The molecule has 0 unspecified atom stereocenters. The molecule has 0 N–H and O–H groups in total. The lowest BCUT2D eigenvalue weighted by molar-refractivity contribution is -0.387. The molecule has 0 aliphatic heterocycles. The highest BCUT2D eigenvalue weighted by atomic mass is 19.1. The van der Waals surface area contributed by atoms with Crippen LogP contribution in [0, 0.1) is 15.9 Å². The predicted octanol–water partition coefficient (Wildman–Crippen LogP) is 1.27. The maximum absolute atomic E-state index is 13.1. The van der Waals surface area contributed by atoms with Crippen molar-refractivity contribution < 1.29 is 13.8 Å². The largest absolute Gasteiger partial charge is 0.337 e. The van der Waals surface area contributed by atoms with E-state index in [0.29, 0.717) is 0 Å². The number of rotatable bonds is 1. The molecule has 0 aliphatic rings. The molecule has 0 saturated carbocycles. The zero-order chi connectivity index (χ0) is 9.42. The predicted molar refractivity (Wildman–Crippen MR) is 38.4 cm³/mol. The van der Waals surface area contributed by atoms with Gasteiger partial charge in [-0.05, 0) is 6.07 Å². The minimum absolute atomic E-state index is 0.0862. The molecular weight excluding hydrogens is 181 g/mol. The standard InChI is InChI=1S/C6H2FN3O3/c7-5-3(10(11)12)1-2-4-6(5)8-9-13-4/h1-2H. The number of nitro benzene ring substituents is 1. The molecule has 13 heavy (non-hydrogen) atoms. The van der Waals surface area contributed by atoms with Crippen molar-refractivity contribution >= 4 is 16.8 Å². The van der Waals surface area contributed by atoms with Crippen molar-refractivity contribution in [3.8, 4) is 0 Å². The molecule has 1 aromatic carbocycles. The van der Waals surface area contributed by atoms with Crippen LogP contribution in [0.3, 0.4) is 0 Å². The van der Waals surface area contributed by atoms with Crippen molar-refractivity contribution in [3.63, 3.8) is 0 Å². The Balaban J connectivity index is 2.80. The molecule has 0 bridgehead atoms. The molecule has 2 aromatic rings. The first kappa shape index (κ1) is 7.59. The van der Waals surface area contributed by atoms with Crippen molar-refractivity contribution in [1.82, 2.24) is 10.4 Å². The molecule has 0 amide bonds. The van der Waals surface area contributed by atoms with E-state index >= 15 is 0 Å². The Morgan fingerprint density at radius 1 is 1.54 bits per heavy atom. The number of nitrogens with zero attached hydrogens (tertiary/aromatic N) is 3. The average Bonchev–Trinajstić information content (AvgIpc) is 2.52. The van der Waals surface area contributed by atoms with Crippen LogP contribution in [-0.4, -0.2) is 15.3 Å². The first-order valence-electron chi connectivity index (χ1n) is 3.25. The first-order valence-corrected chi connectivity index (χ1v) is 3.25. The van der Waals surface area contributed by atoms with Gasteiger partial charge in [-0.2, -0.15) is 4.39 Å². The van der Waals surface area contributed by atoms with Crippen LogP contribution in [0.2, 0.25) is 0 Å². The molecule has 6 nitrogen and oxygen atoms in total. The topological polar surface area (TPSA) is 82.1 Å². The smallest absolute Gasteiger partial charge is 0.307 e. The molecule has 0 aliphatic carbocycles. The van der Waals surface area contributed by atoms with Crippen molar-refractivity contribution in [2.75, 3.05) is 0 Å². The van der Waals surface area contributed by atoms with E-state index in [4.69, 9.17) is 0 Å². The quantitative estimate of drug-likeness (QED) is 0.491. The molecule has 0 saturated heterocycles. The summed E-state index contributed by atoms with van der Waals surface area (Å²) in [6.45, 7) is 0. The lowest BCUT2D eigenvalue weighted by atomic mass is 10.3. The minimum atomic E-state index is -1.02. The molecule has 1 heterocycles. The Bertz CT molecular complexity index is 481. The summed E-state index contributed by atoms with van der Waals surface area (Å²) >= 11 is 0. The Kier molecular flexibility index (Phi) is 1.44. The van der Waals surface area contributed by atoms with Gasteiger partial charge in [0.05, 0.1) is 4.92 Å². The van der Waals surface area contributed by atoms with Gasteiger partial charge in [-0.25, -0.2) is 0 Å². The normalized spacial score (nSPS) is 10.5. The summed E-state index contributed by atoms with van der Waals surface area (Å²) in [5.74, 6) is -1.02. The molecule has 2 rings (SSSR count). The SMILES string of the molecule is O=[N+]([O-])c1ccc2onnc2c1F. The Hall–Kier alpha value is -2.05. The lowest BCUT2D eigenvalue weighted by Gasteiger charge is -1.91. The van der Waals surface area contributed by atoms with Gasteiger partial charge in [-0.15, -0.1) is 5.10 Å². The van der Waals surface area contributed by atoms with E-state index in [1.807, 2.05) is 0 Å². The highest BCUT2D eigenvalue weighted by molar-refractivity contribution is 5.75. The van der Waals surface area contributed by atoms with Crippen LogP contribution in [0.4, 0.5) is 10.1 Å². The summed E-state index contributed by atoms with van der Waals surface area (Å²) in [7, 11) is 0. The number of nitro groups is 1. The summed E-state index contributed by atoms with van der Waals surface area (Å²) in [5, 5.41) is 16.6. The summed E-state index contributed by atoms with van der Waals surface area (Å²) in [6, 6.07) is 2.25. The maximum atomic E-state index is 13.1. The van der Waals surface area contributed by atoms with Gasteiger partial charge in [0.25, 0.3) is 0 Å². The number of halogens is 1. The Morgan fingerprint density at radius 2 is 2.31 bits per heavy atom. The molecular formula is C6H2FN3O3. The second-order valence-corrected chi connectivity index (χ2v) is 2.28. The molecule has 0 spiro atoms. The molecule has 0 radical (unpaired) electrons. The third-order valence-corrected chi connectivity index (χ3v) is 1.54. The van der Waals surface area contributed by atoms with E-state index < -0.39 is 16.4 Å². The van der Waals surface area contributed by atoms with Crippen LogP contribution in [-0.2, 0) is 0 Å². The number of hydrogen-bond donors (Lipinski definition) is 0. The summed E-state index contributed by atoms with van der Waals surface area (Å²) in [6.07, 6.45) is 0. The van der Waals surface area contributed by atoms with Gasteiger partial charge >= 0.3 is 5.69 Å². The van der Waals surface area contributed by atoms with Crippen molar-refractivity contribution in [3.05, 3.63) is 28.1 Å². The molecule has 0 fully saturated rings. The highest BCUT2D eigenvalue weighted by Crippen LogP contribution is 2.23. The van der Waals surface area contributed by atoms with Crippen molar-refractivity contribution in [1.29, 1.82) is 0 Å². The number of fused-ring (bicyclic) bond motifs is 1. The van der Waals surface area contributed by atoms with Gasteiger partial charge in [-0.1, -0.05) is 0 Å². The fourth-order valence-corrected chi connectivity index (χ4v) is 0.949. The fourth-order valence-electron chi connectivity index (χ4n) is 0.949. The van der Waals surface area contributed by atoms with E-state index in [0.717, 1.165) is 6.07 Å². The molecule has 0 atom stereocenters. The average molecular weight is 183 g/mol. The second kappa shape index (κ2) is 2.47. The second-order valence-electron chi connectivity index (χ2n) is 2.28. The van der Waals surface area contributed by atoms with E-state index in [-0.39, 0.29) is 11.1 Å². The zero-order valence-electron chi connectivity index (χ0n) is 6.10. The van der Waals surface area contributed by atoms with Crippen molar-refractivity contribution in [2.45, 2.75) is 0 Å². The third-order valence-electron chi connectivity index (χ3n) is 1.54. The maximum Gasteiger partial charge on any atom is 0.307 e. The number of aromatic nitrogens is 2. The monoisotopic (exact) mass is 183 g/mol. The number of hydrogen-bond acceptors (Lipinski definition) is 5. The highest BCUT2D eigenvalue weighted by Gasteiger charge is 2.19. The molecule has 7 heteroatoms. The van der Waals surface area contributed by atoms with Gasteiger partial charge in [-0.3, -0.25) is 10.1 Å². The van der Waals surface area contributed by atoms with Crippen LogP contribution < -0.4 is 0 Å². The van der Waals surface area contributed by atoms with Crippen LogP contribution in [0.15, 0.2) is 16.7 Å². The van der Waals surface area contributed by atoms with Crippen LogP contribution in [0.25, 0.3) is 11.1 Å². The van der Waals surface area contributed by atoms with E-state index in [9.17, 15) is 14.5 Å². The van der Waals surface area contributed by atoms with Gasteiger partial charge in [0.1, 0.15) is 0 Å². The fraction of sp³-hybridized carbons (Fsp3) is 0. The first-order chi connectivity index (χ1) is 6.20. The summed E-state index contributed by atoms with van der Waals surface area (Å²) in [5.41, 5.74) is -0.777. The molecule has 66 valence electrons. The van der Waals surface area contributed by atoms with Crippen LogP contribution in [0.5, 0.6) is 0 Å². The summed E-state index contributed by atoms with van der Waals surface area (Å²) in [4.78, 5) is 9.44. The van der Waals surface area contributed by atoms with E-state index in [1.54, 1.807) is 0 Å². The van der Waals surface area contributed by atoms with Crippen molar-refractivity contribution in [2.24, 2.45) is 0 Å². The zero-order valence-corrected chi connectivity index (χ0v) is 6.10. The van der Waals surface area contributed by atoms with Gasteiger partial charge in [0.2, 0.25) is 5.82 Å². The van der Waals surface area contributed by atoms with Crippen LogP contribution >= 0.6 is 0 Å². The lowest BCUT2D eigenvalue weighted by Crippen LogP contribution is -1.92. The minimum Gasteiger partial charge on any atom is -0.337 e. The Morgan fingerprint density at radius 3 is 3.00 bits per heavy atom. The van der Waals surface area contributed by atoms with Crippen LogP contribution in [0.1, 0.15) is 0 Å². The van der Waals surface area contributed by atoms with E-state index in [1.165, 1.54) is 6.07 Å². The van der Waals surface area contributed by atoms with Gasteiger partial charge in [0.15, 0.2) is 11.1 Å². The summed E-state index contributed by atoms with van der Waals surface area (Å²) < 4.78 is 17.7. The third kappa shape index (κ3) is 1.01. The van der Waals surface area contributed by atoms with E-state index in [2.05, 4.69) is 14.9 Å². The van der Waals surface area contributed by atoms with Gasteiger partial charge < -0.3 is 4.52 Å². The Labute approximate surface area is 70.1 Å². The van der Waals surface area contributed by atoms with Gasteiger partial charge in [0, 0.05) is 11.3 Å².